The molecule has 0 radical (unpaired) electrons. The Hall–Kier alpha value is -1.86. The molecule has 4 nitrogen and oxygen atoms in total. The van der Waals surface area contributed by atoms with E-state index in [1.807, 2.05) is 36.4 Å². The number of rotatable bonds is 3. The van der Waals surface area contributed by atoms with E-state index in [2.05, 4.69) is 0 Å². The average Bonchev–Trinajstić information content (AvgIpc) is 2.39. The molecule has 1 amide bonds. The molecule has 0 N–H and O–H groups in total. The minimum Gasteiger partial charge on any atom is -0.352 e. The van der Waals surface area contributed by atoms with Crippen LogP contribution in [0.4, 0.5) is 0 Å². The normalized spacial score (nSPS) is 20.1. The van der Waals surface area contributed by atoms with Crippen molar-refractivity contribution >= 4 is 5.91 Å². The molecule has 0 spiro atoms. The second-order valence-electron chi connectivity index (χ2n) is 4.00. The van der Waals surface area contributed by atoms with E-state index in [1.165, 1.54) is 5.56 Å². The summed E-state index contributed by atoms with van der Waals surface area (Å²) >= 11 is 0. The van der Waals surface area contributed by atoms with Gasteiger partial charge < -0.3 is 9.64 Å². The number of morpholine rings is 1. The smallest absolute Gasteiger partial charge is 0.248 e. The Bertz CT molecular complexity index is 425. The van der Waals surface area contributed by atoms with E-state index < -0.39 is 6.10 Å². The molecule has 0 aromatic heterocycles. The molecule has 1 aliphatic rings. The van der Waals surface area contributed by atoms with Crippen LogP contribution in [-0.2, 0) is 16.0 Å². The lowest BCUT2D eigenvalue weighted by Crippen LogP contribution is -2.46. The van der Waals surface area contributed by atoms with Gasteiger partial charge in [0, 0.05) is 6.54 Å². The summed E-state index contributed by atoms with van der Waals surface area (Å²) in [6, 6.07) is 12.0. The van der Waals surface area contributed by atoms with Gasteiger partial charge in [-0.2, -0.15) is 5.26 Å². The SMILES string of the molecule is N#CC1CN(CCc2ccccc2)C(=O)CO1. The molecule has 0 aliphatic carbocycles. The molecule has 1 atom stereocenters. The molecule has 1 unspecified atom stereocenters. The van der Waals surface area contributed by atoms with Gasteiger partial charge in [-0.25, -0.2) is 0 Å². The minimum absolute atomic E-state index is 0.0208. The standard InChI is InChI=1S/C13H14N2O2/c14-8-12-9-15(13(16)10-17-12)7-6-11-4-2-1-3-5-11/h1-5,12H,6-7,9-10H2. The quantitative estimate of drug-likeness (QED) is 0.777. The van der Waals surface area contributed by atoms with E-state index in [-0.39, 0.29) is 12.5 Å². The number of hydrogen-bond donors (Lipinski definition) is 0. The largest absolute Gasteiger partial charge is 0.352 e. The van der Waals surface area contributed by atoms with Gasteiger partial charge in [-0.1, -0.05) is 30.3 Å². The molecule has 4 heteroatoms. The van der Waals surface area contributed by atoms with E-state index in [0.717, 1.165) is 6.42 Å². The molecule has 1 saturated heterocycles. The third-order valence-corrected chi connectivity index (χ3v) is 2.80. The maximum atomic E-state index is 11.6. The third kappa shape index (κ3) is 3.05. The lowest BCUT2D eigenvalue weighted by atomic mass is 10.1. The molecular formula is C13H14N2O2. The van der Waals surface area contributed by atoms with Gasteiger partial charge in [0.15, 0.2) is 6.10 Å². The molecule has 1 aliphatic heterocycles. The molecule has 1 fully saturated rings. The average molecular weight is 230 g/mol. The van der Waals surface area contributed by atoms with Crippen molar-refractivity contribution in [3.8, 4) is 6.07 Å². The summed E-state index contributed by atoms with van der Waals surface area (Å²) in [6.45, 7) is 1.04. The van der Waals surface area contributed by atoms with E-state index in [9.17, 15) is 4.79 Å². The highest BCUT2D eigenvalue weighted by Gasteiger charge is 2.25. The van der Waals surface area contributed by atoms with Crippen LogP contribution >= 0.6 is 0 Å². The highest BCUT2D eigenvalue weighted by Crippen LogP contribution is 2.08. The van der Waals surface area contributed by atoms with Crippen molar-refractivity contribution in [2.75, 3.05) is 19.7 Å². The first kappa shape index (κ1) is 11.6. The molecular weight excluding hydrogens is 216 g/mol. The van der Waals surface area contributed by atoms with Gasteiger partial charge in [-0.3, -0.25) is 4.79 Å². The second kappa shape index (κ2) is 5.46. The van der Waals surface area contributed by atoms with Gasteiger partial charge in [0.05, 0.1) is 12.6 Å². The van der Waals surface area contributed by atoms with Crippen molar-refractivity contribution in [3.05, 3.63) is 35.9 Å². The summed E-state index contributed by atoms with van der Waals surface area (Å²) in [5.74, 6) is -0.0348. The van der Waals surface area contributed by atoms with Crippen LogP contribution in [0.15, 0.2) is 30.3 Å². The van der Waals surface area contributed by atoms with Crippen molar-refractivity contribution in [2.24, 2.45) is 0 Å². The van der Waals surface area contributed by atoms with Crippen LogP contribution in [0.25, 0.3) is 0 Å². The number of nitrogens with zero attached hydrogens (tertiary/aromatic N) is 2. The molecule has 1 heterocycles. The molecule has 17 heavy (non-hydrogen) atoms. The fourth-order valence-corrected chi connectivity index (χ4v) is 1.82. The maximum Gasteiger partial charge on any atom is 0.248 e. The van der Waals surface area contributed by atoms with E-state index in [1.54, 1.807) is 4.90 Å². The van der Waals surface area contributed by atoms with Crippen LogP contribution in [0.3, 0.4) is 0 Å². The topological polar surface area (TPSA) is 53.3 Å². The Morgan fingerprint density at radius 2 is 2.18 bits per heavy atom. The Balaban J connectivity index is 1.90. The fourth-order valence-electron chi connectivity index (χ4n) is 1.82. The highest BCUT2D eigenvalue weighted by molar-refractivity contribution is 5.78. The van der Waals surface area contributed by atoms with Gasteiger partial charge in [0.2, 0.25) is 5.91 Å². The van der Waals surface area contributed by atoms with Crippen molar-refractivity contribution in [2.45, 2.75) is 12.5 Å². The summed E-state index contributed by atoms with van der Waals surface area (Å²) in [4.78, 5) is 13.3. The minimum atomic E-state index is -0.483. The zero-order valence-electron chi connectivity index (χ0n) is 9.50. The number of hydrogen-bond acceptors (Lipinski definition) is 3. The van der Waals surface area contributed by atoms with Gasteiger partial charge in [0.1, 0.15) is 6.61 Å². The summed E-state index contributed by atoms with van der Waals surface area (Å²) in [7, 11) is 0. The van der Waals surface area contributed by atoms with Gasteiger partial charge in [-0.05, 0) is 12.0 Å². The van der Waals surface area contributed by atoms with Crippen LogP contribution in [0.5, 0.6) is 0 Å². The molecule has 1 aromatic rings. The molecule has 88 valence electrons. The molecule has 1 aromatic carbocycles. The summed E-state index contributed by atoms with van der Waals surface area (Å²) in [5.41, 5.74) is 1.19. The fraction of sp³-hybridized carbons (Fsp3) is 0.385. The lowest BCUT2D eigenvalue weighted by molar-refractivity contribution is -0.145. The molecule has 2 rings (SSSR count). The Labute approximate surface area is 100 Å². The summed E-state index contributed by atoms with van der Waals surface area (Å²) in [6.07, 6.45) is 0.327. The van der Waals surface area contributed by atoms with Crippen molar-refractivity contribution < 1.29 is 9.53 Å². The monoisotopic (exact) mass is 230 g/mol. The van der Waals surface area contributed by atoms with Crippen molar-refractivity contribution in [1.82, 2.24) is 4.90 Å². The van der Waals surface area contributed by atoms with Crippen molar-refractivity contribution in [1.29, 1.82) is 5.26 Å². The first-order chi connectivity index (χ1) is 8.29. The van der Waals surface area contributed by atoms with Crippen LogP contribution in [0, 0.1) is 11.3 Å². The number of ether oxygens (including phenoxy) is 1. The number of nitriles is 1. The number of carbonyl (C=O) groups is 1. The van der Waals surface area contributed by atoms with E-state index in [4.69, 9.17) is 10.00 Å². The summed E-state index contributed by atoms with van der Waals surface area (Å²) in [5, 5.41) is 8.77. The number of amides is 1. The van der Waals surface area contributed by atoms with Crippen molar-refractivity contribution in [3.63, 3.8) is 0 Å². The maximum absolute atomic E-state index is 11.6. The van der Waals surface area contributed by atoms with E-state index in [0.29, 0.717) is 13.1 Å². The zero-order valence-corrected chi connectivity index (χ0v) is 9.50. The Morgan fingerprint density at radius 1 is 1.41 bits per heavy atom. The highest BCUT2D eigenvalue weighted by atomic mass is 16.5. The number of carbonyl (C=O) groups excluding carboxylic acids is 1. The molecule has 0 saturated carbocycles. The summed E-state index contributed by atoms with van der Waals surface area (Å²) < 4.78 is 5.07. The predicted octanol–water partition coefficient (Wildman–Crippen LogP) is 0.980. The predicted molar refractivity (Wildman–Crippen MR) is 62.1 cm³/mol. The zero-order chi connectivity index (χ0) is 12.1. The first-order valence-electron chi connectivity index (χ1n) is 5.62. The van der Waals surface area contributed by atoms with Crippen LogP contribution < -0.4 is 0 Å². The van der Waals surface area contributed by atoms with Crippen LogP contribution in [-0.4, -0.2) is 36.6 Å². The third-order valence-electron chi connectivity index (χ3n) is 2.80. The van der Waals surface area contributed by atoms with Gasteiger partial charge in [-0.15, -0.1) is 0 Å². The van der Waals surface area contributed by atoms with Crippen LogP contribution in [0.2, 0.25) is 0 Å². The Kier molecular flexibility index (Phi) is 3.73. The van der Waals surface area contributed by atoms with Gasteiger partial charge >= 0.3 is 0 Å². The first-order valence-corrected chi connectivity index (χ1v) is 5.62. The number of benzene rings is 1. The van der Waals surface area contributed by atoms with Gasteiger partial charge in [0.25, 0.3) is 0 Å². The lowest BCUT2D eigenvalue weighted by Gasteiger charge is -2.29. The van der Waals surface area contributed by atoms with Crippen LogP contribution in [0.1, 0.15) is 5.56 Å². The van der Waals surface area contributed by atoms with E-state index >= 15 is 0 Å². The molecule has 0 bridgehead atoms. The Morgan fingerprint density at radius 3 is 2.88 bits per heavy atom. The second-order valence-corrected chi connectivity index (χ2v) is 4.00.